The number of hydrogen-bond donors (Lipinski definition) is 1. The van der Waals surface area contributed by atoms with Gasteiger partial charge in [-0.3, -0.25) is 4.90 Å². The van der Waals surface area contributed by atoms with Gasteiger partial charge in [0.15, 0.2) is 0 Å². The molecule has 5 rings (SSSR count). The van der Waals surface area contributed by atoms with Crippen molar-refractivity contribution in [2.75, 3.05) is 52.9 Å². The Hall–Kier alpha value is -2.74. The summed E-state index contributed by atoms with van der Waals surface area (Å²) in [6.45, 7) is 10.6. The van der Waals surface area contributed by atoms with E-state index >= 15 is 0 Å². The number of nitrogens with zero attached hydrogens (tertiary/aromatic N) is 3. The van der Waals surface area contributed by atoms with E-state index in [0.717, 1.165) is 73.5 Å². The molecule has 0 saturated carbocycles. The van der Waals surface area contributed by atoms with Gasteiger partial charge in [-0.05, 0) is 75.2 Å². The molecule has 37 heavy (non-hydrogen) atoms. The van der Waals surface area contributed by atoms with Gasteiger partial charge in [-0.2, -0.15) is 0 Å². The molecule has 2 aliphatic heterocycles. The smallest absolute Gasteiger partial charge is 0.410 e. The molecule has 198 valence electrons. The number of likely N-dealkylation sites (N-methyl/N-ethyl adjacent to an activating group) is 1. The second-order valence-electron chi connectivity index (χ2n) is 10.4. The van der Waals surface area contributed by atoms with E-state index in [-0.39, 0.29) is 18.2 Å². The molecule has 1 fully saturated rings. The number of halogens is 1. The summed E-state index contributed by atoms with van der Waals surface area (Å²) in [6.07, 6.45) is 1.27. The van der Waals surface area contributed by atoms with Gasteiger partial charge < -0.3 is 24.3 Å². The fraction of sp³-hybridized carbons (Fsp3) is 0.483. The number of H-pyrrole nitrogens is 1. The highest BCUT2D eigenvalue weighted by Gasteiger charge is 2.35. The molecule has 1 N–H and O–H groups in total. The average Bonchev–Trinajstić information content (AvgIpc) is 3.25. The van der Waals surface area contributed by atoms with Crippen molar-refractivity contribution >= 4 is 28.6 Å². The van der Waals surface area contributed by atoms with E-state index in [2.05, 4.69) is 34.0 Å². The third-order valence-electron chi connectivity index (χ3n) is 7.34. The summed E-state index contributed by atoms with van der Waals surface area (Å²) in [5.74, 6) is 0.845. The Morgan fingerprint density at radius 3 is 2.57 bits per heavy atom. The molecule has 0 radical (unpaired) electrons. The van der Waals surface area contributed by atoms with Gasteiger partial charge >= 0.3 is 6.09 Å². The Balaban J connectivity index is 1.32. The van der Waals surface area contributed by atoms with E-state index < -0.39 is 0 Å². The summed E-state index contributed by atoms with van der Waals surface area (Å²) < 4.78 is 11.7. The van der Waals surface area contributed by atoms with Crippen LogP contribution in [0.25, 0.3) is 10.9 Å². The molecule has 2 aromatic carbocycles. The molecule has 0 spiro atoms. The molecule has 3 aromatic rings. The summed E-state index contributed by atoms with van der Waals surface area (Å²) in [5.41, 5.74) is 4.27. The fourth-order valence-electron chi connectivity index (χ4n) is 5.37. The maximum atomic E-state index is 13.1. The standard InChI is InChI=1S/C29H37ClN4O3/c1-20(2)37-29(35)34-13-11-24-25-19-22(30)7-10-26(25)31-27(24)28(34)21-5-8-23(9-6-21)36-18-4-12-33-16-14-32(3)15-17-33/h5-10,19-20,28,31H,4,11-18H2,1-3H3. The number of ether oxygens (including phenoxy) is 2. The number of rotatable bonds is 7. The first-order valence-electron chi connectivity index (χ1n) is 13.3. The van der Waals surface area contributed by atoms with E-state index in [1.165, 1.54) is 5.56 Å². The molecule has 3 heterocycles. The minimum absolute atomic E-state index is 0.183. The summed E-state index contributed by atoms with van der Waals surface area (Å²) in [5, 5.41) is 1.83. The Morgan fingerprint density at radius 2 is 1.84 bits per heavy atom. The van der Waals surface area contributed by atoms with Crippen molar-refractivity contribution in [3.8, 4) is 5.75 Å². The van der Waals surface area contributed by atoms with Gasteiger partial charge in [-0.1, -0.05) is 23.7 Å². The van der Waals surface area contributed by atoms with Gasteiger partial charge in [0, 0.05) is 60.9 Å². The summed E-state index contributed by atoms with van der Waals surface area (Å²) in [4.78, 5) is 23.4. The van der Waals surface area contributed by atoms with Gasteiger partial charge in [-0.25, -0.2) is 4.79 Å². The van der Waals surface area contributed by atoms with Crippen molar-refractivity contribution in [1.29, 1.82) is 0 Å². The number of aromatic amines is 1. The monoisotopic (exact) mass is 524 g/mol. The largest absolute Gasteiger partial charge is 0.494 e. The van der Waals surface area contributed by atoms with Crippen LogP contribution in [0.5, 0.6) is 5.75 Å². The Labute approximate surface area is 224 Å². The maximum absolute atomic E-state index is 13.1. The van der Waals surface area contributed by atoms with E-state index in [9.17, 15) is 4.79 Å². The fourth-order valence-corrected chi connectivity index (χ4v) is 5.54. The van der Waals surface area contributed by atoms with Gasteiger partial charge in [-0.15, -0.1) is 0 Å². The lowest BCUT2D eigenvalue weighted by molar-refractivity contribution is 0.0655. The number of nitrogens with one attached hydrogen (secondary N) is 1. The van der Waals surface area contributed by atoms with Crippen LogP contribution in [0.15, 0.2) is 42.5 Å². The van der Waals surface area contributed by atoms with Crippen molar-refractivity contribution in [2.45, 2.75) is 38.8 Å². The van der Waals surface area contributed by atoms with Crippen molar-refractivity contribution in [3.63, 3.8) is 0 Å². The Morgan fingerprint density at radius 1 is 1.08 bits per heavy atom. The molecule has 1 atom stereocenters. The van der Waals surface area contributed by atoms with E-state index in [1.54, 1.807) is 0 Å². The van der Waals surface area contributed by atoms with Gasteiger partial charge in [0.05, 0.1) is 12.7 Å². The van der Waals surface area contributed by atoms with Crippen molar-refractivity contribution in [2.24, 2.45) is 0 Å². The minimum atomic E-state index is -0.299. The molecular weight excluding hydrogens is 488 g/mol. The highest BCUT2D eigenvalue weighted by molar-refractivity contribution is 6.31. The summed E-state index contributed by atoms with van der Waals surface area (Å²) in [6, 6.07) is 13.8. The van der Waals surface area contributed by atoms with Crippen LogP contribution in [-0.4, -0.2) is 84.8 Å². The van der Waals surface area contributed by atoms with Gasteiger partial charge in [0.1, 0.15) is 11.8 Å². The lowest BCUT2D eigenvalue weighted by Crippen LogP contribution is -2.44. The number of hydrogen-bond acceptors (Lipinski definition) is 5. The molecule has 8 heteroatoms. The predicted molar refractivity (Wildman–Crippen MR) is 148 cm³/mol. The zero-order chi connectivity index (χ0) is 25.9. The first-order valence-corrected chi connectivity index (χ1v) is 13.7. The molecular formula is C29H37ClN4O3. The number of carbonyl (C=O) groups excluding carboxylic acids is 1. The highest BCUT2D eigenvalue weighted by Crippen LogP contribution is 2.39. The number of benzene rings is 2. The van der Waals surface area contributed by atoms with E-state index in [0.29, 0.717) is 18.2 Å². The number of carbonyl (C=O) groups is 1. The van der Waals surface area contributed by atoms with Crippen LogP contribution >= 0.6 is 11.6 Å². The molecule has 1 saturated heterocycles. The number of piperazine rings is 1. The van der Waals surface area contributed by atoms with Crippen LogP contribution in [0.1, 0.15) is 43.1 Å². The van der Waals surface area contributed by atoms with Gasteiger partial charge in [0.2, 0.25) is 0 Å². The molecule has 1 unspecified atom stereocenters. The molecule has 0 aliphatic carbocycles. The first kappa shape index (κ1) is 25.9. The first-order chi connectivity index (χ1) is 17.9. The summed E-state index contributed by atoms with van der Waals surface area (Å²) in [7, 11) is 2.18. The second kappa shape index (κ2) is 11.3. The lowest BCUT2D eigenvalue weighted by atomic mass is 9.92. The van der Waals surface area contributed by atoms with Crippen molar-refractivity contribution in [3.05, 3.63) is 64.3 Å². The number of aromatic nitrogens is 1. The quantitative estimate of drug-likeness (QED) is 0.423. The van der Waals surface area contributed by atoms with Crippen LogP contribution in [0.4, 0.5) is 4.79 Å². The van der Waals surface area contributed by atoms with Crippen molar-refractivity contribution in [1.82, 2.24) is 19.7 Å². The van der Waals surface area contributed by atoms with E-state index in [4.69, 9.17) is 21.1 Å². The number of amides is 1. The second-order valence-corrected chi connectivity index (χ2v) is 10.8. The highest BCUT2D eigenvalue weighted by atomic mass is 35.5. The third kappa shape index (κ3) is 5.89. The van der Waals surface area contributed by atoms with Crippen LogP contribution in [-0.2, 0) is 11.2 Å². The van der Waals surface area contributed by atoms with Crippen LogP contribution in [0, 0.1) is 0 Å². The topological polar surface area (TPSA) is 61.0 Å². The van der Waals surface area contributed by atoms with Crippen LogP contribution < -0.4 is 4.74 Å². The SMILES string of the molecule is CC(C)OC(=O)N1CCc2c([nH]c3ccc(Cl)cc23)C1c1ccc(OCCCN2CCN(C)CC2)cc1. The predicted octanol–water partition coefficient (Wildman–Crippen LogP) is 5.33. The molecule has 1 amide bonds. The van der Waals surface area contributed by atoms with Crippen LogP contribution in [0.2, 0.25) is 5.02 Å². The molecule has 2 aliphatic rings. The molecule has 0 bridgehead atoms. The average molecular weight is 525 g/mol. The third-order valence-corrected chi connectivity index (χ3v) is 7.57. The zero-order valence-electron chi connectivity index (χ0n) is 22.0. The summed E-state index contributed by atoms with van der Waals surface area (Å²) >= 11 is 6.31. The zero-order valence-corrected chi connectivity index (χ0v) is 22.8. The number of fused-ring (bicyclic) bond motifs is 3. The van der Waals surface area contributed by atoms with E-state index in [1.807, 2.05) is 49.1 Å². The minimum Gasteiger partial charge on any atom is -0.494 e. The maximum Gasteiger partial charge on any atom is 0.410 e. The van der Waals surface area contributed by atoms with Crippen molar-refractivity contribution < 1.29 is 14.3 Å². The Bertz CT molecular complexity index is 1220. The van der Waals surface area contributed by atoms with Crippen LogP contribution in [0.3, 0.4) is 0 Å². The molecule has 7 nitrogen and oxygen atoms in total. The van der Waals surface area contributed by atoms with Gasteiger partial charge in [0.25, 0.3) is 0 Å². The lowest BCUT2D eigenvalue weighted by Gasteiger charge is -2.36. The molecule has 1 aromatic heterocycles. The normalized spacial score (nSPS) is 18.8. The Kier molecular flexibility index (Phi) is 7.93.